The van der Waals surface area contributed by atoms with Crippen LogP contribution in [0.5, 0.6) is 0 Å². The Bertz CT molecular complexity index is 494. The van der Waals surface area contributed by atoms with Gasteiger partial charge in [-0.25, -0.2) is 9.78 Å². The van der Waals surface area contributed by atoms with Crippen molar-refractivity contribution in [1.29, 1.82) is 0 Å². The number of aromatic nitrogens is 2. The average Bonchev–Trinajstić information content (AvgIpc) is 2.77. The smallest absolute Gasteiger partial charge is 0.463 e. The summed E-state index contributed by atoms with van der Waals surface area (Å²) >= 11 is 0. The van der Waals surface area contributed by atoms with Gasteiger partial charge in [0.2, 0.25) is 5.82 Å². The van der Waals surface area contributed by atoms with Crippen molar-refractivity contribution >= 4 is 18.7 Å². The molecule has 0 N–H and O–H groups in total. The minimum atomic E-state index is -0.574. The summed E-state index contributed by atoms with van der Waals surface area (Å²) in [5, 5.41) is 0. The van der Waals surface area contributed by atoms with E-state index in [1.165, 1.54) is 7.11 Å². The molecule has 1 fully saturated rings. The lowest BCUT2D eigenvalue weighted by Crippen LogP contribution is -2.41. The van der Waals surface area contributed by atoms with Gasteiger partial charge in [0.15, 0.2) is 0 Å². The van der Waals surface area contributed by atoms with Crippen LogP contribution in [-0.2, 0) is 21.1 Å². The lowest BCUT2D eigenvalue weighted by Gasteiger charge is -2.32. The molecule has 6 nitrogen and oxygen atoms in total. The lowest BCUT2D eigenvalue weighted by atomic mass is 9.86. The summed E-state index contributed by atoms with van der Waals surface area (Å²) in [6.07, 6.45) is 1.72. The van der Waals surface area contributed by atoms with Gasteiger partial charge in [-0.15, -0.1) is 0 Å². The molecule has 0 aliphatic carbocycles. The number of hydrogen-bond donors (Lipinski definition) is 0. The van der Waals surface area contributed by atoms with Gasteiger partial charge in [-0.1, -0.05) is 0 Å². The van der Waals surface area contributed by atoms with Gasteiger partial charge in [0.25, 0.3) is 0 Å². The number of esters is 1. The first-order chi connectivity index (χ1) is 8.68. The fourth-order valence-corrected chi connectivity index (χ4v) is 1.85. The molecule has 0 amide bonds. The average molecular weight is 266 g/mol. The van der Waals surface area contributed by atoms with Gasteiger partial charge in [0, 0.05) is 13.2 Å². The number of rotatable bonds is 2. The third-order valence-corrected chi connectivity index (χ3v) is 3.76. The van der Waals surface area contributed by atoms with E-state index < -0.39 is 24.3 Å². The van der Waals surface area contributed by atoms with E-state index in [0.717, 1.165) is 0 Å². The van der Waals surface area contributed by atoms with Crippen LogP contribution in [0.4, 0.5) is 0 Å². The molecule has 1 aromatic rings. The summed E-state index contributed by atoms with van der Waals surface area (Å²) in [4.78, 5) is 15.8. The highest BCUT2D eigenvalue weighted by atomic mass is 16.7. The van der Waals surface area contributed by atoms with E-state index in [2.05, 4.69) is 9.72 Å². The summed E-state index contributed by atoms with van der Waals surface area (Å²) in [6.45, 7) is 7.88. The molecular formula is C12H19BN2O4. The number of imidazole rings is 1. The van der Waals surface area contributed by atoms with Crippen molar-refractivity contribution in [3.05, 3.63) is 12.0 Å². The maximum absolute atomic E-state index is 11.5. The van der Waals surface area contributed by atoms with E-state index in [9.17, 15) is 4.79 Å². The fourth-order valence-electron chi connectivity index (χ4n) is 1.85. The monoisotopic (exact) mass is 266 g/mol. The minimum Gasteiger partial charge on any atom is -0.463 e. The SMILES string of the molecule is COC(=O)c1nc(B2OC(C)(C)C(C)(C)O2)cn1C. The zero-order chi connectivity index (χ0) is 14.4. The Balaban J connectivity index is 2.28. The Labute approximate surface area is 113 Å². The van der Waals surface area contributed by atoms with E-state index in [1.54, 1.807) is 17.8 Å². The van der Waals surface area contributed by atoms with Crippen molar-refractivity contribution in [1.82, 2.24) is 9.55 Å². The summed E-state index contributed by atoms with van der Waals surface area (Å²) in [5.74, 6) is -0.252. The highest BCUT2D eigenvalue weighted by molar-refractivity contribution is 6.61. The van der Waals surface area contributed by atoms with Crippen molar-refractivity contribution < 1.29 is 18.8 Å². The van der Waals surface area contributed by atoms with Crippen LogP contribution in [0.25, 0.3) is 0 Å². The Morgan fingerprint density at radius 3 is 2.32 bits per heavy atom. The maximum Gasteiger partial charge on any atom is 0.516 e. The molecule has 0 bridgehead atoms. The largest absolute Gasteiger partial charge is 0.516 e. The molecule has 104 valence electrons. The molecule has 2 heterocycles. The van der Waals surface area contributed by atoms with Crippen LogP contribution in [0.15, 0.2) is 6.20 Å². The zero-order valence-electron chi connectivity index (χ0n) is 12.2. The topological polar surface area (TPSA) is 62.6 Å². The molecule has 0 radical (unpaired) electrons. The van der Waals surface area contributed by atoms with E-state index >= 15 is 0 Å². The number of hydrogen-bond acceptors (Lipinski definition) is 5. The van der Waals surface area contributed by atoms with Crippen LogP contribution < -0.4 is 5.59 Å². The second-order valence-corrected chi connectivity index (χ2v) is 5.68. The van der Waals surface area contributed by atoms with Crippen LogP contribution >= 0.6 is 0 Å². The molecule has 19 heavy (non-hydrogen) atoms. The van der Waals surface area contributed by atoms with Gasteiger partial charge in [-0.05, 0) is 27.7 Å². The Kier molecular flexibility index (Phi) is 3.22. The molecule has 1 aliphatic rings. The van der Waals surface area contributed by atoms with Gasteiger partial charge in [-0.3, -0.25) is 0 Å². The highest BCUT2D eigenvalue weighted by Crippen LogP contribution is 2.36. The summed E-state index contributed by atoms with van der Waals surface area (Å²) in [6, 6.07) is 0. The summed E-state index contributed by atoms with van der Waals surface area (Å²) in [5.41, 5.74) is -0.289. The van der Waals surface area contributed by atoms with Crippen LogP contribution in [-0.4, -0.2) is 41.0 Å². The van der Waals surface area contributed by atoms with E-state index in [1.807, 2.05) is 27.7 Å². The standard InChI is InChI=1S/C12H19BN2O4/c1-11(2)12(3,4)19-13(18-11)8-7-15(5)9(14-8)10(16)17-6/h7H,1-6H3. The predicted octanol–water partition coefficient (Wildman–Crippen LogP) is 0.506. The molecule has 0 aromatic carbocycles. The van der Waals surface area contributed by atoms with Crippen molar-refractivity contribution in [2.24, 2.45) is 7.05 Å². The number of carbonyl (C=O) groups excluding carboxylic acids is 1. The molecule has 0 saturated carbocycles. The Morgan fingerprint density at radius 2 is 1.84 bits per heavy atom. The quantitative estimate of drug-likeness (QED) is 0.576. The molecule has 1 aromatic heterocycles. The normalized spacial score (nSPS) is 20.6. The molecule has 2 rings (SSSR count). The first-order valence-electron chi connectivity index (χ1n) is 6.15. The molecule has 0 spiro atoms. The van der Waals surface area contributed by atoms with Gasteiger partial charge in [-0.2, -0.15) is 0 Å². The molecule has 0 atom stereocenters. The van der Waals surface area contributed by atoms with Gasteiger partial charge < -0.3 is 18.6 Å². The first kappa shape index (κ1) is 14.1. The second-order valence-electron chi connectivity index (χ2n) is 5.68. The number of ether oxygens (including phenoxy) is 1. The molecular weight excluding hydrogens is 247 g/mol. The van der Waals surface area contributed by atoms with Gasteiger partial charge in [0.05, 0.1) is 23.9 Å². The Morgan fingerprint density at radius 1 is 1.32 bits per heavy atom. The van der Waals surface area contributed by atoms with E-state index in [0.29, 0.717) is 5.59 Å². The predicted molar refractivity (Wildman–Crippen MR) is 70.3 cm³/mol. The van der Waals surface area contributed by atoms with Gasteiger partial charge >= 0.3 is 13.1 Å². The van der Waals surface area contributed by atoms with Crippen LogP contribution in [0, 0.1) is 0 Å². The number of nitrogens with zero attached hydrogens (tertiary/aromatic N) is 2. The second kappa shape index (κ2) is 4.35. The minimum absolute atomic E-state index is 0.229. The third kappa shape index (κ3) is 2.28. The highest BCUT2D eigenvalue weighted by Gasteiger charge is 2.52. The molecule has 1 saturated heterocycles. The number of aryl methyl sites for hydroxylation is 1. The Hall–Kier alpha value is -1.34. The summed E-state index contributed by atoms with van der Waals surface area (Å²) in [7, 11) is 2.48. The van der Waals surface area contributed by atoms with Crippen LogP contribution in [0.2, 0.25) is 0 Å². The molecule has 7 heteroatoms. The molecule has 1 aliphatic heterocycles. The van der Waals surface area contributed by atoms with E-state index in [4.69, 9.17) is 9.31 Å². The number of carbonyl (C=O) groups is 1. The van der Waals surface area contributed by atoms with Crippen molar-refractivity contribution in [2.45, 2.75) is 38.9 Å². The third-order valence-electron chi connectivity index (χ3n) is 3.76. The molecule has 0 unspecified atom stereocenters. The fraction of sp³-hybridized carbons (Fsp3) is 0.667. The zero-order valence-corrected chi connectivity index (χ0v) is 12.2. The lowest BCUT2D eigenvalue weighted by molar-refractivity contribution is 0.00578. The van der Waals surface area contributed by atoms with Crippen molar-refractivity contribution in [2.75, 3.05) is 7.11 Å². The van der Waals surface area contributed by atoms with Crippen molar-refractivity contribution in [3.63, 3.8) is 0 Å². The van der Waals surface area contributed by atoms with Crippen molar-refractivity contribution in [3.8, 4) is 0 Å². The maximum atomic E-state index is 11.5. The van der Waals surface area contributed by atoms with E-state index in [-0.39, 0.29) is 5.82 Å². The van der Waals surface area contributed by atoms with Crippen LogP contribution in [0.3, 0.4) is 0 Å². The van der Waals surface area contributed by atoms with Crippen LogP contribution in [0.1, 0.15) is 38.3 Å². The van der Waals surface area contributed by atoms with Gasteiger partial charge in [0.1, 0.15) is 0 Å². The summed E-state index contributed by atoms with van der Waals surface area (Å²) < 4.78 is 18.0. The number of methoxy groups -OCH3 is 1. The first-order valence-corrected chi connectivity index (χ1v) is 6.15.